The van der Waals surface area contributed by atoms with Crippen LogP contribution in [0, 0.1) is 5.82 Å². The lowest BCUT2D eigenvalue weighted by atomic mass is 9.96. The molecule has 0 amide bonds. The van der Waals surface area contributed by atoms with Crippen LogP contribution < -0.4 is 5.73 Å². The third kappa shape index (κ3) is 2.40. The van der Waals surface area contributed by atoms with Crippen LogP contribution in [0.15, 0.2) is 24.5 Å². The molecule has 1 heterocycles. The van der Waals surface area contributed by atoms with Crippen LogP contribution >= 0.6 is 11.6 Å². The smallest absolute Gasteiger partial charge is 0.165 e. The molecule has 0 saturated heterocycles. The summed E-state index contributed by atoms with van der Waals surface area (Å²) in [5.41, 5.74) is 7.05. The van der Waals surface area contributed by atoms with E-state index in [1.807, 2.05) is 10.9 Å². The zero-order chi connectivity index (χ0) is 14.1. The van der Waals surface area contributed by atoms with Crippen LogP contribution in [0.3, 0.4) is 0 Å². The summed E-state index contributed by atoms with van der Waals surface area (Å²) in [6, 6.07) is 3.73. The summed E-state index contributed by atoms with van der Waals surface area (Å²) < 4.78 is 15.7. The molecule has 1 aromatic heterocycles. The summed E-state index contributed by atoms with van der Waals surface area (Å²) >= 11 is 6.04. The minimum atomic E-state index is -0.561. The maximum atomic E-state index is 13.8. The van der Waals surface area contributed by atoms with Gasteiger partial charge in [-0.2, -0.15) is 5.10 Å². The third-order valence-electron chi connectivity index (χ3n) is 3.97. The first-order valence-electron chi connectivity index (χ1n) is 6.95. The number of nitrogen functional groups attached to an aromatic ring is 1. The van der Waals surface area contributed by atoms with Gasteiger partial charge in [0.25, 0.3) is 0 Å². The van der Waals surface area contributed by atoms with Gasteiger partial charge in [0.15, 0.2) is 5.82 Å². The standard InChI is InChI=1S/C15H17ClFN3/c16-14-12(6-7-13(18)15(14)17)10-8-19-20(9-10)11-4-2-1-3-5-11/h6-9,11H,1-5,18H2. The van der Waals surface area contributed by atoms with Crippen molar-refractivity contribution in [1.29, 1.82) is 0 Å². The minimum Gasteiger partial charge on any atom is -0.396 e. The molecule has 1 aromatic carbocycles. The second-order valence-corrected chi connectivity index (χ2v) is 5.71. The summed E-state index contributed by atoms with van der Waals surface area (Å²) in [5, 5.41) is 4.48. The first-order valence-corrected chi connectivity index (χ1v) is 7.32. The molecule has 20 heavy (non-hydrogen) atoms. The van der Waals surface area contributed by atoms with Crippen molar-refractivity contribution in [3.05, 3.63) is 35.4 Å². The van der Waals surface area contributed by atoms with E-state index in [0.29, 0.717) is 11.6 Å². The van der Waals surface area contributed by atoms with Gasteiger partial charge in [-0.3, -0.25) is 4.68 Å². The maximum Gasteiger partial charge on any atom is 0.165 e. The quantitative estimate of drug-likeness (QED) is 0.832. The number of nitrogens with zero attached hydrogens (tertiary/aromatic N) is 2. The SMILES string of the molecule is Nc1ccc(-c2cnn(C3CCCCC3)c2)c(Cl)c1F. The largest absolute Gasteiger partial charge is 0.396 e. The number of benzene rings is 1. The van der Waals surface area contributed by atoms with E-state index in [0.717, 1.165) is 18.4 Å². The number of rotatable bonds is 2. The van der Waals surface area contributed by atoms with Crippen LogP contribution in [0.1, 0.15) is 38.1 Å². The van der Waals surface area contributed by atoms with E-state index in [1.165, 1.54) is 25.3 Å². The fourth-order valence-corrected chi connectivity index (χ4v) is 3.09. The number of halogens is 2. The van der Waals surface area contributed by atoms with E-state index in [9.17, 15) is 4.39 Å². The lowest BCUT2D eigenvalue weighted by molar-refractivity contribution is 0.329. The molecule has 0 radical (unpaired) electrons. The van der Waals surface area contributed by atoms with Crippen LogP contribution in [0.2, 0.25) is 5.02 Å². The molecule has 1 aliphatic carbocycles. The molecule has 2 aromatic rings. The van der Waals surface area contributed by atoms with E-state index >= 15 is 0 Å². The normalized spacial score (nSPS) is 16.5. The molecule has 0 unspecified atom stereocenters. The Morgan fingerprint density at radius 2 is 2.00 bits per heavy atom. The second-order valence-electron chi connectivity index (χ2n) is 5.33. The lowest BCUT2D eigenvalue weighted by Crippen LogP contribution is -2.12. The predicted molar refractivity (Wildman–Crippen MR) is 79.2 cm³/mol. The van der Waals surface area contributed by atoms with Crippen molar-refractivity contribution < 1.29 is 4.39 Å². The summed E-state index contributed by atoms with van der Waals surface area (Å²) in [5.74, 6) is -0.561. The summed E-state index contributed by atoms with van der Waals surface area (Å²) in [7, 11) is 0. The van der Waals surface area contributed by atoms with Crippen LogP contribution in [-0.4, -0.2) is 9.78 Å². The van der Waals surface area contributed by atoms with Crippen molar-refractivity contribution in [3.8, 4) is 11.1 Å². The Bertz CT molecular complexity index is 618. The van der Waals surface area contributed by atoms with E-state index in [1.54, 1.807) is 12.3 Å². The first kappa shape index (κ1) is 13.4. The fraction of sp³-hybridized carbons (Fsp3) is 0.400. The average molecular weight is 294 g/mol. The number of hydrogen-bond donors (Lipinski definition) is 1. The van der Waals surface area contributed by atoms with E-state index in [-0.39, 0.29) is 10.7 Å². The van der Waals surface area contributed by atoms with Gasteiger partial charge in [0.05, 0.1) is 22.9 Å². The van der Waals surface area contributed by atoms with Crippen molar-refractivity contribution in [2.75, 3.05) is 5.73 Å². The number of nitrogens with two attached hydrogens (primary N) is 1. The molecular weight excluding hydrogens is 277 g/mol. The van der Waals surface area contributed by atoms with E-state index < -0.39 is 5.82 Å². The van der Waals surface area contributed by atoms with Crippen molar-refractivity contribution >= 4 is 17.3 Å². The second kappa shape index (κ2) is 5.44. The molecule has 3 nitrogen and oxygen atoms in total. The first-order chi connectivity index (χ1) is 9.66. The monoisotopic (exact) mass is 293 g/mol. The lowest BCUT2D eigenvalue weighted by Gasteiger charge is -2.21. The molecule has 0 atom stereocenters. The van der Waals surface area contributed by atoms with Crippen molar-refractivity contribution in [2.24, 2.45) is 0 Å². The molecule has 1 saturated carbocycles. The van der Waals surface area contributed by atoms with Gasteiger partial charge in [0, 0.05) is 17.3 Å². The molecule has 5 heteroatoms. The van der Waals surface area contributed by atoms with Gasteiger partial charge < -0.3 is 5.73 Å². The highest BCUT2D eigenvalue weighted by Crippen LogP contribution is 2.34. The zero-order valence-corrected chi connectivity index (χ0v) is 11.9. The third-order valence-corrected chi connectivity index (χ3v) is 4.34. The van der Waals surface area contributed by atoms with Crippen LogP contribution in [0.5, 0.6) is 0 Å². The summed E-state index contributed by atoms with van der Waals surface area (Å²) in [6.45, 7) is 0. The summed E-state index contributed by atoms with van der Waals surface area (Å²) in [6.07, 6.45) is 9.81. The van der Waals surface area contributed by atoms with Gasteiger partial charge in [0.1, 0.15) is 0 Å². The van der Waals surface area contributed by atoms with Gasteiger partial charge in [-0.05, 0) is 18.9 Å². The van der Waals surface area contributed by atoms with Gasteiger partial charge in [0.2, 0.25) is 0 Å². The maximum absolute atomic E-state index is 13.8. The van der Waals surface area contributed by atoms with Crippen LogP contribution in [0.25, 0.3) is 11.1 Å². The molecule has 106 valence electrons. The van der Waals surface area contributed by atoms with Gasteiger partial charge >= 0.3 is 0 Å². The topological polar surface area (TPSA) is 43.8 Å². The van der Waals surface area contributed by atoms with Crippen molar-refractivity contribution in [2.45, 2.75) is 38.1 Å². The number of hydrogen-bond acceptors (Lipinski definition) is 2. The minimum absolute atomic E-state index is 0.0631. The van der Waals surface area contributed by atoms with Gasteiger partial charge in [-0.25, -0.2) is 4.39 Å². The Labute approximate surface area is 122 Å². The Hall–Kier alpha value is -1.55. The Balaban J connectivity index is 1.92. The number of aromatic nitrogens is 2. The van der Waals surface area contributed by atoms with E-state index in [4.69, 9.17) is 17.3 Å². The highest BCUT2D eigenvalue weighted by atomic mass is 35.5. The van der Waals surface area contributed by atoms with E-state index in [2.05, 4.69) is 5.10 Å². The average Bonchev–Trinajstić information content (AvgIpc) is 2.95. The predicted octanol–water partition coefficient (Wildman–Crippen LogP) is 4.43. The fourth-order valence-electron chi connectivity index (χ4n) is 2.81. The number of anilines is 1. The Kier molecular flexibility index (Phi) is 3.66. The summed E-state index contributed by atoms with van der Waals surface area (Å²) in [4.78, 5) is 0. The van der Waals surface area contributed by atoms with Gasteiger partial charge in [-0.1, -0.05) is 36.9 Å². The highest BCUT2D eigenvalue weighted by molar-refractivity contribution is 6.33. The Morgan fingerprint density at radius 3 is 2.75 bits per heavy atom. The van der Waals surface area contributed by atoms with Crippen LogP contribution in [-0.2, 0) is 0 Å². The molecule has 0 aliphatic heterocycles. The molecular formula is C15H17ClFN3. The molecule has 1 aliphatic rings. The molecule has 1 fully saturated rings. The zero-order valence-electron chi connectivity index (χ0n) is 11.1. The molecule has 3 rings (SSSR count). The Morgan fingerprint density at radius 1 is 1.25 bits per heavy atom. The van der Waals surface area contributed by atoms with Crippen LogP contribution in [0.4, 0.5) is 10.1 Å². The van der Waals surface area contributed by atoms with Crippen molar-refractivity contribution in [3.63, 3.8) is 0 Å². The molecule has 0 spiro atoms. The van der Waals surface area contributed by atoms with Crippen molar-refractivity contribution in [1.82, 2.24) is 9.78 Å². The highest BCUT2D eigenvalue weighted by Gasteiger charge is 2.18. The molecule has 2 N–H and O–H groups in total. The molecule has 0 bridgehead atoms. The van der Waals surface area contributed by atoms with Gasteiger partial charge in [-0.15, -0.1) is 0 Å².